The maximum Gasteiger partial charge on any atom is 0.303 e. The highest BCUT2D eigenvalue weighted by atomic mass is 16.4. The van der Waals surface area contributed by atoms with Crippen LogP contribution in [0.2, 0.25) is 0 Å². The standard InChI is InChI=1S/C14H13N3O2/c15-8-11(9-16)10-17-13-6-2-1-4-12(13)5-3-7-14(18)19/h1-2,4,6,10,17H,3,5,7H2,(H,18,19). The van der Waals surface area contributed by atoms with Gasteiger partial charge in [0.25, 0.3) is 0 Å². The van der Waals surface area contributed by atoms with Crippen LogP contribution < -0.4 is 5.32 Å². The van der Waals surface area contributed by atoms with E-state index in [1.807, 2.05) is 24.3 Å². The molecule has 0 spiro atoms. The molecule has 1 aromatic carbocycles. The summed E-state index contributed by atoms with van der Waals surface area (Å²) in [5.74, 6) is -0.818. The summed E-state index contributed by atoms with van der Waals surface area (Å²) in [5.41, 5.74) is 1.71. The lowest BCUT2D eigenvalue weighted by Gasteiger charge is -2.08. The maximum atomic E-state index is 10.5. The molecule has 2 N–H and O–H groups in total. The monoisotopic (exact) mass is 255 g/mol. The lowest BCUT2D eigenvalue weighted by atomic mass is 10.1. The van der Waals surface area contributed by atoms with E-state index in [4.69, 9.17) is 15.6 Å². The molecular weight excluding hydrogens is 242 g/mol. The number of carboxylic acid groups (broad SMARTS) is 1. The van der Waals surface area contributed by atoms with Crippen LogP contribution in [0, 0.1) is 22.7 Å². The first-order valence-corrected chi connectivity index (χ1v) is 5.74. The number of carboxylic acids is 1. The number of nitrogens with one attached hydrogen (secondary N) is 1. The van der Waals surface area contributed by atoms with E-state index in [-0.39, 0.29) is 12.0 Å². The van der Waals surface area contributed by atoms with Gasteiger partial charge < -0.3 is 10.4 Å². The van der Waals surface area contributed by atoms with E-state index >= 15 is 0 Å². The number of allylic oxidation sites excluding steroid dienone is 1. The molecule has 96 valence electrons. The average molecular weight is 255 g/mol. The lowest BCUT2D eigenvalue weighted by Crippen LogP contribution is -1.99. The zero-order chi connectivity index (χ0) is 14.1. The Labute approximate surface area is 111 Å². The SMILES string of the molecule is N#CC(C#N)=CNc1ccccc1CCCC(=O)O. The van der Waals surface area contributed by atoms with Crippen molar-refractivity contribution in [2.75, 3.05) is 5.32 Å². The van der Waals surface area contributed by atoms with Gasteiger partial charge in [-0.2, -0.15) is 10.5 Å². The zero-order valence-corrected chi connectivity index (χ0v) is 10.3. The molecule has 0 saturated carbocycles. The number of rotatable bonds is 6. The fourth-order valence-corrected chi connectivity index (χ4v) is 1.55. The Balaban J connectivity index is 2.74. The summed E-state index contributed by atoms with van der Waals surface area (Å²) >= 11 is 0. The number of benzene rings is 1. The predicted octanol–water partition coefficient (Wildman–Crippen LogP) is 2.44. The molecule has 0 aromatic heterocycles. The largest absolute Gasteiger partial charge is 0.481 e. The van der Waals surface area contributed by atoms with E-state index in [1.54, 1.807) is 12.1 Å². The molecular formula is C14H13N3O2. The smallest absolute Gasteiger partial charge is 0.303 e. The Bertz CT molecular complexity index is 549. The van der Waals surface area contributed by atoms with Gasteiger partial charge in [0.05, 0.1) is 0 Å². The van der Waals surface area contributed by atoms with Crippen molar-refractivity contribution < 1.29 is 9.90 Å². The second-order valence-electron chi connectivity index (χ2n) is 3.83. The molecule has 0 saturated heterocycles. The van der Waals surface area contributed by atoms with Crippen LogP contribution in [0.3, 0.4) is 0 Å². The van der Waals surface area contributed by atoms with E-state index in [2.05, 4.69) is 5.32 Å². The van der Waals surface area contributed by atoms with Gasteiger partial charge >= 0.3 is 5.97 Å². The molecule has 0 heterocycles. The zero-order valence-electron chi connectivity index (χ0n) is 10.3. The van der Waals surface area contributed by atoms with E-state index < -0.39 is 5.97 Å². The minimum Gasteiger partial charge on any atom is -0.481 e. The number of anilines is 1. The summed E-state index contributed by atoms with van der Waals surface area (Å²) in [7, 11) is 0. The lowest BCUT2D eigenvalue weighted by molar-refractivity contribution is -0.137. The third-order valence-corrected chi connectivity index (χ3v) is 2.47. The molecule has 0 radical (unpaired) electrons. The summed E-state index contributed by atoms with van der Waals surface area (Å²) in [4.78, 5) is 10.5. The van der Waals surface area contributed by atoms with Gasteiger partial charge in [-0.25, -0.2) is 0 Å². The summed E-state index contributed by atoms with van der Waals surface area (Å²) < 4.78 is 0. The van der Waals surface area contributed by atoms with Crippen molar-refractivity contribution in [3.05, 3.63) is 41.6 Å². The minimum absolute atomic E-state index is 0.0136. The van der Waals surface area contributed by atoms with Crippen molar-refractivity contribution in [2.45, 2.75) is 19.3 Å². The Kier molecular flexibility index (Phi) is 5.65. The van der Waals surface area contributed by atoms with Gasteiger partial charge in [-0.05, 0) is 24.5 Å². The number of hydrogen-bond donors (Lipinski definition) is 2. The molecule has 0 atom stereocenters. The number of aliphatic carboxylic acids is 1. The quantitative estimate of drug-likeness (QED) is 0.761. The summed E-state index contributed by atoms with van der Waals surface area (Å²) in [6, 6.07) is 10.9. The minimum atomic E-state index is -0.818. The molecule has 0 aliphatic heterocycles. The van der Waals surface area contributed by atoms with Crippen molar-refractivity contribution >= 4 is 11.7 Å². The topological polar surface area (TPSA) is 96.9 Å². The predicted molar refractivity (Wildman–Crippen MR) is 69.9 cm³/mol. The van der Waals surface area contributed by atoms with E-state index in [1.165, 1.54) is 6.20 Å². The van der Waals surface area contributed by atoms with Crippen molar-refractivity contribution in [3.8, 4) is 12.1 Å². The van der Waals surface area contributed by atoms with Crippen LogP contribution in [-0.4, -0.2) is 11.1 Å². The number of nitrogens with zero attached hydrogens (tertiary/aromatic N) is 2. The first-order valence-electron chi connectivity index (χ1n) is 5.74. The average Bonchev–Trinajstić information content (AvgIpc) is 2.41. The molecule has 0 unspecified atom stereocenters. The molecule has 1 aromatic rings. The van der Waals surface area contributed by atoms with Crippen LogP contribution in [0.1, 0.15) is 18.4 Å². The highest BCUT2D eigenvalue weighted by Gasteiger charge is 2.03. The molecule has 0 fully saturated rings. The normalized spacial score (nSPS) is 8.95. The van der Waals surface area contributed by atoms with Crippen molar-refractivity contribution in [1.29, 1.82) is 10.5 Å². The van der Waals surface area contributed by atoms with E-state index in [0.717, 1.165) is 11.3 Å². The summed E-state index contributed by atoms with van der Waals surface area (Å²) in [5, 5.41) is 28.8. The Morgan fingerprint density at radius 3 is 2.63 bits per heavy atom. The molecule has 5 heteroatoms. The van der Waals surface area contributed by atoms with Gasteiger partial charge in [-0.15, -0.1) is 0 Å². The van der Waals surface area contributed by atoms with Gasteiger partial charge in [-0.1, -0.05) is 18.2 Å². The molecule has 0 amide bonds. The van der Waals surface area contributed by atoms with Crippen molar-refractivity contribution in [2.24, 2.45) is 0 Å². The van der Waals surface area contributed by atoms with Crippen LogP contribution in [0.5, 0.6) is 0 Å². The molecule has 5 nitrogen and oxygen atoms in total. The van der Waals surface area contributed by atoms with Crippen LogP contribution in [0.15, 0.2) is 36.0 Å². The fraction of sp³-hybridized carbons (Fsp3) is 0.214. The second-order valence-corrected chi connectivity index (χ2v) is 3.83. The Morgan fingerprint density at radius 2 is 2.00 bits per heavy atom. The number of aryl methyl sites for hydroxylation is 1. The number of nitriles is 2. The maximum absolute atomic E-state index is 10.5. The Hall–Kier alpha value is -2.79. The van der Waals surface area contributed by atoms with Crippen LogP contribution in [0.4, 0.5) is 5.69 Å². The fourth-order valence-electron chi connectivity index (χ4n) is 1.55. The van der Waals surface area contributed by atoms with Crippen LogP contribution in [0.25, 0.3) is 0 Å². The third-order valence-electron chi connectivity index (χ3n) is 2.47. The number of hydrogen-bond acceptors (Lipinski definition) is 4. The first kappa shape index (κ1) is 14.3. The van der Waals surface area contributed by atoms with E-state index in [9.17, 15) is 4.79 Å². The van der Waals surface area contributed by atoms with Gasteiger partial charge in [0.2, 0.25) is 0 Å². The van der Waals surface area contributed by atoms with Gasteiger partial charge in [-0.3, -0.25) is 4.79 Å². The highest BCUT2D eigenvalue weighted by Crippen LogP contribution is 2.17. The molecule has 0 bridgehead atoms. The summed E-state index contributed by atoms with van der Waals surface area (Å²) in [6.07, 6.45) is 2.63. The highest BCUT2D eigenvalue weighted by molar-refractivity contribution is 5.66. The van der Waals surface area contributed by atoms with Gasteiger partial charge in [0.15, 0.2) is 0 Å². The van der Waals surface area contributed by atoms with Gasteiger partial charge in [0, 0.05) is 18.3 Å². The van der Waals surface area contributed by atoms with Crippen molar-refractivity contribution in [3.63, 3.8) is 0 Å². The van der Waals surface area contributed by atoms with Gasteiger partial charge in [0.1, 0.15) is 17.7 Å². The second kappa shape index (κ2) is 7.52. The number of para-hydroxylation sites is 1. The molecule has 19 heavy (non-hydrogen) atoms. The van der Waals surface area contributed by atoms with E-state index in [0.29, 0.717) is 12.8 Å². The summed E-state index contributed by atoms with van der Waals surface area (Å²) in [6.45, 7) is 0. The van der Waals surface area contributed by atoms with Crippen molar-refractivity contribution in [1.82, 2.24) is 0 Å². The van der Waals surface area contributed by atoms with Crippen LogP contribution >= 0.6 is 0 Å². The molecule has 0 aliphatic rings. The molecule has 1 rings (SSSR count). The first-order chi connectivity index (χ1) is 9.17. The van der Waals surface area contributed by atoms with Crippen LogP contribution in [-0.2, 0) is 11.2 Å². The molecule has 0 aliphatic carbocycles. The Morgan fingerprint density at radius 1 is 1.32 bits per heavy atom. The third kappa shape index (κ3) is 4.93. The number of carbonyl (C=O) groups is 1.